The molecule has 7 aromatic carbocycles. The van der Waals surface area contributed by atoms with E-state index in [4.69, 9.17) is 0 Å². The summed E-state index contributed by atoms with van der Waals surface area (Å²) in [6.45, 7) is 2.36. The number of benzene rings is 7. The zero-order valence-electron chi connectivity index (χ0n) is 28.8. The van der Waals surface area contributed by atoms with E-state index in [-0.39, 0.29) is 5.54 Å². The summed E-state index contributed by atoms with van der Waals surface area (Å²) in [4.78, 5) is 0. The topological polar surface area (TPSA) is 9.86 Å². The van der Waals surface area contributed by atoms with Gasteiger partial charge in [-0.2, -0.15) is 0 Å². The van der Waals surface area contributed by atoms with Crippen LogP contribution in [0.25, 0.3) is 86.2 Å². The van der Waals surface area contributed by atoms with Gasteiger partial charge in [0.25, 0.3) is 0 Å². The quantitative estimate of drug-likeness (QED) is 0.175. The lowest BCUT2D eigenvalue weighted by Gasteiger charge is -2.32. The molecular formula is C49H34N2S. The summed E-state index contributed by atoms with van der Waals surface area (Å²) in [6.07, 6.45) is 8.04. The van der Waals surface area contributed by atoms with Gasteiger partial charge in [-0.15, -0.1) is 11.3 Å². The molecule has 10 aromatic rings. The van der Waals surface area contributed by atoms with Crippen LogP contribution in [0.4, 0.5) is 0 Å². The molecule has 0 saturated carbocycles. The van der Waals surface area contributed by atoms with Crippen LogP contribution < -0.4 is 0 Å². The number of rotatable bonds is 4. The van der Waals surface area contributed by atoms with Gasteiger partial charge in [-0.25, -0.2) is 0 Å². The summed E-state index contributed by atoms with van der Waals surface area (Å²) in [7, 11) is 0. The van der Waals surface area contributed by atoms with Crippen LogP contribution in [0.1, 0.15) is 18.9 Å². The minimum Gasteiger partial charge on any atom is -0.331 e. The molecule has 0 fully saturated rings. The molecular weight excluding hydrogens is 649 g/mol. The number of aromatic nitrogens is 2. The Morgan fingerprint density at radius 3 is 1.85 bits per heavy atom. The highest BCUT2D eigenvalue weighted by atomic mass is 32.1. The third-order valence-corrected chi connectivity index (χ3v) is 12.4. The number of thiophene rings is 1. The Labute approximate surface area is 305 Å². The molecule has 0 radical (unpaired) electrons. The van der Waals surface area contributed by atoms with Crippen molar-refractivity contribution in [2.24, 2.45) is 0 Å². The zero-order valence-corrected chi connectivity index (χ0v) is 29.6. The van der Waals surface area contributed by atoms with Crippen LogP contribution in [0.15, 0.2) is 176 Å². The van der Waals surface area contributed by atoms with Crippen molar-refractivity contribution < 1.29 is 0 Å². The van der Waals surface area contributed by atoms with Gasteiger partial charge in [-0.1, -0.05) is 115 Å². The summed E-state index contributed by atoms with van der Waals surface area (Å²) in [5.74, 6) is 0. The van der Waals surface area contributed by atoms with Gasteiger partial charge in [0, 0.05) is 58.4 Å². The highest BCUT2D eigenvalue weighted by Gasteiger charge is 2.29. The zero-order chi connectivity index (χ0) is 34.4. The third kappa shape index (κ3) is 4.36. The summed E-state index contributed by atoms with van der Waals surface area (Å²) >= 11 is 1.87. The van der Waals surface area contributed by atoms with Crippen molar-refractivity contribution in [3.8, 4) is 16.8 Å². The van der Waals surface area contributed by atoms with Crippen LogP contribution in [0.2, 0.25) is 0 Å². The lowest BCUT2D eigenvalue weighted by Crippen LogP contribution is -2.28. The van der Waals surface area contributed by atoms with Crippen molar-refractivity contribution in [2.45, 2.75) is 18.9 Å². The fourth-order valence-electron chi connectivity index (χ4n) is 8.72. The highest BCUT2D eigenvalue weighted by Crippen LogP contribution is 2.42. The van der Waals surface area contributed by atoms with Gasteiger partial charge >= 0.3 is 0 Å². The van der Waals surface area contributed by atoms with E-state index in [0.717, 1.165) is 6.42 Å². The van der Waals surface area contributed by atoms with Crippen molar-refractivity contribution in [3.63, 3.8) is 0 Å². The van der Waals surface area contributed by atoms with Crippen LogP contribution >= 0.6 is 11.3 Å². The third-order valence-electron chi connectivity index (χ3n) is 11.3. The number of hydrogen-bond acceptors (Lipinski definition) is 1. The first-order valence-electron chi connectivity index (χ1n) is 18.1. The predicted molar refractivity (Wildman–Crippen MR) is 224 cm³/mol. The SMILES string of the molecule is CC1(n2c3ccccc3c3cc(-c4ccc5c(c4)c4ccccc4n5-c4ccc5sc6ccccc6c5c4)ccc32)C=CC(c2ccccc2)=CC1. The molecule has 0 spiro atoms. The minimum atomic E-state index is -0.180. The van der Waals surface area contributed by atoms with Crippen LogP contribution in [0, 0.1) is 0 Å². The number of fused-ring (bicyclic) bond motifs is 9. The Hall–Kier alpha value is -6.16. The maximum Gasteiger partial charge on any atom is 0.0643 e. The number of allylic oxidation sites excluding steroid dienone is 4. The van der Waals surface area contributed by atoms with Crippen molar-refractivity contribution in [1.82, 2.24) is 9.13 Å². The monoisotopic (exact) mass is 682 g/mol. The molecule has 0 N–H and O–H groups in total. The maximum absolute atomic E-state index is 2.56. The van der Waals surface area contributed by atoms with Gasteiger partial charge in [-0.05, 0) is 96.3 Å². The fraction of sp³-hybridized carbons (Fsp3) is 0.0612. The Bertz CT molecular complexity index is 3110. The van der Waals surface area contributed by atoms with E-state index in [0.29, 0.717) is 0 Å². The Morgan fingerprint density at radius 2 is 1.08 bits per heavy atom. The maximum atomic E-state index is 2.56. The number of nitrogens with zero attached hydrogens (tertiary/aromatic N) is 2. The molecule has 1 atom stereocenters. The van der Waals surface area contributed by atoms with Crippen molar-refractivity contribution in [3.05, 3.63) is 182 Å². The molecule has 246 valence electrons. The summed E-state index contributed by atoms with van der Waals surface area (Å²) < 4.78 is 7.65. The van der Waals surface area contributed by atoms with Crippen molar-refractivity contribution in [2.75, 3.05) is 0 Å². The Balaban J connectivity index is 1.04. The Morgan fingerprint density at radius 1 is 0.481 bits per heavy atom. The Kier molecular flexibility index (Phi) is 6.35. The van der Waals surface area contributed by atoms with Gasteiger partial charge in [0.05, 0.1) is 16.6 Å². The first-order valence-corrected chi connectivity index (χ1v) is 18.9. The van der Waals surface area contributed by atoms with Gasteiger partial charge in [0.1, 0.15) is 0 Å². The average Bonchev–Trinajstić information content (AvgIpc) is 3.86. The van der Waals surface area contributed by atoms with E-state index in [9.17, 15) is 0 Å². The van der Waals surface area contributed by atoms with Crippen LogP contribution in [-0.2, 0) is 5.54 Å². The molecule has 52 heavy (non-hydrogen) atoms. The molecule has 3 heterocycles. The first kappa shape index (κ1) is 29.6. The molecule has 0 amide bonds. The number of hydrogen-bond donors (Lipinski definition) is 0. The molecule has 3 heteroatoms. The summed E-state index contributed by atoms with van der Waals surface area (Å²) in [5.41, 5.74) is 11.0. The molecule has 11 rings (SSSR count). The lowest BCUT2D eigenvalue weighted by molar-refractivity contribution is 0.438. The number of para-hydroxylation sites is 2. The molecule has 0 bridgehead atoms. The van der Waals surface area contributed by atoms with Crippen LogP contribution in [-0.4, -0.2) is 9.13 Å². The molecule has 1 unspecified atom stereocenters. The minimum absolute atomic E-state index is 0.180. The van der Waals surface area contributed by atoms with Gasteiger partial charge in [-0.3, -0.25) is 0 Å². The fourth-order valence-corrected chi connectivity index (χ4v) is 9.81. The molecule has 3 aromatic heterocycles. The standard InChI is InChI=1S/C49H34N2S/c1-49(27-25-33(26-28-49)32-11-3-2-4-12-32)51-45-17-9-6-14-38(45)41-30-35(20-23-46(41)51)34-19-22-44-40(29-34)37-13-5-8-16-43(37)50(44)36-21-24-48-42(31-36)39-15-7-10-18-47(39)52-48/h2-27,29-31H,28H2,1H3. The predicted octanol–water partition coefficient (Wildman–Crippen LogP) is 13.7. The lowest BCUT2D eigenvalue weighted by atomic mass is 9.87. The van der Waals surface area contributed by atoms with E-state index < -0.39 is 0 Å². The highest BCUT2D eigenvalue weighted by molar-refractivity contribution is 7.25. The smallest absolute Gasteiger partial charge is 0.0643 e. The van der Waals surface area contributed by atoms with Gasteiger partial charge < -0.3 is 9.13 Å². The van der Waals surface area contributed by atoms with Gasteiger partial charge in [0.2, 0.25) is 0 Å². The molecule has 2 nitrogen and oxygen atoms in total. The summed E-state index contributed by atoms with van der Waals surface area (Å²) in [5, 5.41) is 7.77. The van der Waals surface area contributed by atoms with E-state index in [1.54, 1.807) is 0 Å². The van der Waals surface area contributed by atoms with E-state index >= 15 is 0 Å². The first-order chi connectivity index (χ1) is 25.6. The second-order valence-electron chi connectivity index (χ2n) is 14.4. The summed E-state index contributed by atoms with van der Waals surface area (Å²) in [6, 6.07) is 58.2. The second kappa shape index (κ2) is 11.2. The van der Waals surface area contributed by atoms with Crippen LogP contribution in [0.5, 0.6) is 0 Å². The van der Waals surface area contributed by atoms with Crippen molar-refractivity contribution in [1.29, 1.82) is 0 Å². The van der Waals surface area contributed by atoms with E-state index in [1.807, 2.05) is 11.3 Å². The molecule has 1 aliphatic rings. The van der Waals surface area contributed by atoms with E-state index in [2.05, 4.69) is 192 Å². The molecule has 1 aliphatic carbocycles. The van der Waals surface area contributed by atoms with Crippen molar-refractivity contribution >= 4 is 80.7 Å². The normalized spacial score (nSPS) is 16.2. The van der Waals surface area contributed by atoms with E-state index in [1.165, 1.54) is 91.7 Å². The second-order valence-corrected chi connectivity index (χ2v) is 15.5. The van der Waals surface area contributed by atoms with Gasteiger partial charge in [0.15, 0.2) is 0 Å². The molecule has 0 aliphatic heterocycles. The molecule has 0 saturated heterocycles. The van der Waals surface area contributed by atoms with Crippen LogP contribution in [0.3, 0.4) is 0 Å². The largest absolute Gasteiger partial charge is 0.331 e. The average molecular weight is 683 g/mol.